The van der Waals surface area contributed by atoms with E-state index in [9.17, 15) is 9.59 Å². The Hall–Kier alpha value is -1.89. The van der Waals surface area contributed by atoms with Crippen LogP contribution in [0.1, 0.15) is 62.1 Å². The number of nitrogens with zero attached hydrogens (tertiary/aromatic N) is 3. The minimum absolute atomic E-state index is 0.0897. The minimum Gasteiger partial charge on any atom is -0.481 e. The maximum atomic E-state index is 12.8. The second-order valence-electron chi connectivity index (χ2n) is 7.65. The van der Waals surface area contributed by atoms with Gasteiger partial charge in [-0.2, -0.15) is 5.10 Å². The molecule has 1 saturated heterocycles. The van der Waals surface area contributed by atoms with Crippen molar-refractivity contribution in [2.45, 2.75) is 57.6 Å². The second-order valence-corrected chi connectivity index (χ2v) is 7.65. The van der Waals surface area contributed by atoms with Gasteiger partial charge < -0.3 is 14.7 Å². The van der Waals surface area contributed by atoms with Crippen LogP contribution in [-0.4, -0.2) is 57.5 Å². The van der Waals surface area contributed by atoms with Gasteiger partial charge in [-0.15, -0.1) is 0 Å². The zero-order valence-corrected chi connectivity index (χ0v) is 14.5. The number of morpholine rings is 1. The molecular weight excluding hydrogens is 310 g/mol. The van der Waals surface area contributed by atoms with Crippen LogP contribution in [0.4, 0.5) is 0 Å². The van der Waals surface area contributed by atoms with Crippen LogP contribution in [0.2, 0.25) is 0 Å². The van der Waals surface area contributed by atoms with E-state index in [2.05, 4.69) is 25.9 Å². The molecule has 0 bridgehead atoms. The normalized spacial score (nSPS) is 21.8. The minimum atomic E-state index is -0.915. The number of carboxylic acids is 1. The largest absolute Gasteiger partial charge is 0.481 e. The summed E-state index contributed by atoms with van der Waals surface area (Å²) in [6.45, 7) is 7.37. The van der Waals surface area contributed by atoms with E-state index in [4.69, 9.17) is 9.84 Å². The highest BCUT2D eigenvalue weighted by Crippen LogP contribution is 2.41. The molecule has 1 aliphatic carbocycles. The molecule has 0 aromatic carbocycles. The zero-order chi connectivity index (χ0) is 17.5. The molecule has 0 radical (unpaired) electrons. The Morgan fingerprint density at radius 3 is 2.67 bits per heavy atom. The lowest BCUT2D eigenvalue weighted by molar-refractivity contribution is -0.141. The van der Waals surface area contributed by atoms with Crippen LogP contribution in [0, 0.1) is 0 Å². The van der Waals surface area contributed by atoms with E-state index in [1.54, 1.807) is 4.90 Å². The van der Waals surface area contributed by atoms with Crippen molar-refractivity contribution in [3.8, 4) is 0 Å². The van der Waals surface area contributed by atoms with E-state index in [1.165, 1.54) is 0 Å². The average molecular weight is 335 g/mol. The highest BCUT2D eigenvalue weighted by Gasteiger charge is 2.34. The third kappa shape index (κ3) is 3.61. The molecule has 0 spiro atoms. The molecule has 1 unspecified atom stereocenters. The smallest absolute Gasteiger partial charge is 0.306 e. The number of carboxylic acid groups (broad SMARTS) is 1. The molecule has 1 aromatic rings. The number of hydrogen-bond acceptors (Lipinski definition) is 4. The molecule has 2 fully saturated rings. The van der Waals surface area contributed by atoms with Crippen LogP contribution in [0.25, 0.3) is 0 Å². The summed E-state index contributed by atoms with van der Waals surface area (Å²) in [7, 11) is 0. The van der Waals surface area contributed by atoms with E-state index >= 15 is 0 Å². The molecule has 1 aliphatic heterocycles. The van der Waals surface area contributed by atoms with Gasteiger partial charge in [-0.05, 0) is 39.7 Å². The standard InChI is InChI=1S/C17H25N3O4/c1-17(2,3)20-14(11-4-5-11)9-13(18-20)16(23)19-6-7-24-12(10-19)8-15(21)22/h9,11-12H,4-8,10H2,1-3H3,(H,21,22). The summed E-state index contributed by atoms with van der Waals surface area (Å²) in [5, 5.41) is 13.5. The molecule has 1 aromatic heterocycles. The van der Waals surface area contributed by atoms with Crippen LogP contribution in [0.5, 0.6) is 0 Å². The molecule has 2 heterocycles. The molecule has 2 aliphatic rings. The van der Waals surface area contributed by atoms with Gasteiger partial charge >= 0.3 is 5.97 Å². The van der Waals surface area contributed by atoms with Crippen molar-refractivity contribution in [3.63, 3.8) is 0 Å². The van der Waals surface area contributed by atoms with Crippen LogP contribution in [-0.2, 0) is 15.1 Å². The summed E-state index contributed by atoms with van der Waals surface area (Å²) in [5.74, 6) is -0.552. The summed E-state index contributed by atoms with van der Waals surface area (Å²) >= 11 is 0. The summed E-state index contributed by atoms with van der Waals surface area (Å²) in [4.78, 5) is 25.3. The number of ether oxygens (including phenoxy) is 1. The maximum Gasteiger partial charge on any atom is 0.306 e. The Morgan fingerprint density at radius 2 is 2.08 bits per heavy atom. The van der Waals surface area contributed by atoms with Gasteiger partial charge in [0, 0.05) is 24.7 Å². The Bertz CT molecular complexity index is 643. The van der Waals surface area contributed by atoms with Gasteiger partial charge in [0.15, 0.2) is 5.69 Å². The Morgan fingerprint density at radius 1 is 1.38 bits per heavy atom. The van der Waals surface area contributed by atoms with Crippen molar-refractivity contribution in [3.05, 3.63) is 17.5 Å². The maximum absolute atomic E-state index is 12.8. The van der Waals surface area contributed by atoms with E-state index in [0.29, 0.717) is 31.3 Å². The fourth-order valence-corrected chi connectivity index (χ4v) is 3.09. The molecule has 1 amide bonds. The number of aromatic nitrogens is 2. The lowest BCUT2D eigenvalue weighted by Gasteiger charge is -2.31. The summed E-state index contributed by atoms with van der Waals surface area (Å²) in [6.07, 6.45) is 1.75. The van der Waals surface area contributed by atoms with Gasteiger partial charge in [-0.1, -0.05) is 0 Å². The predicted octanol–water partition coefficient (Wildman–Crippen LogP) is 1.83. The fraction of sp³-hybridized carbons (Fsp3) is 0.706. The Labute approximate surface area is 141 Å². The van der Waals surface area contributed by atoms with Gasteiger partial charge in [0.05, 0.1) is 24.7 Å². The molecule has 7 nitrogen and oxygen atoms in total. The van der Waals surface area contributed by atoms with Gasteiger partial charge in [0.1, 0.15) is 0 Å². The SMILES string of the molecule is CC(C)(C)n1nc(C(=O)N2CCOC(CC(=O)O)C2)cc1C1CC1. The monoisotopic (exact) mass is 335 g/mol. The van der Waals surface area contributed by atoms with Crippen molar-refractivity contribution >= 4 is 11.9 Å². The number of amides is 1. The second kappa shape index (κ2) is 6.20. The van der Waals surface area contributed by atoms with Crippen molar-refractivity contribution in [2.75, 3.05) is 19.7 Å². The number of carbonyl (C=O) groups is 2. The zero-order valence-electron chi connectivity index (χ0n) is 14.5. The van der Waals surface area contributed by atoms with Crippen LogP contribution >= 0.6 is 0 Å². The molecule has 132 valence electrons. The van der Waals surface area contributed by atoms with Crippen molar-refractivity contribution in [2.24, 2.45) is 0 Å². The van der Waals surface area contributed by atoms with Gasteiger partial charge in [-0.25, -0.2) is 0 Å². The highest BCUT2D eigenvalue weighted by molar-refractivity contribution is 5.92. The lowest BCUT2D eigenvalue weighted by atomic mass is 10.1. The van der Waals surface area contributed by atoms with Crippen molar-refractivity contribution in [1.29, 1.82) is 0 Å². The molecule has 1 atom stereocenters. The lowest BCUT2D eigenvalue weighted by Crippen LogP contribution is -2.46. The first-order valence-corrected chi connectivity index (χ1v) is 8.49. The third-order valence-electron chi connectivity index (χ3n) is 4.42. The van der Waals surface area contributed by atoms with E-state index in [-0.39, 0.29) is 17.9 Å². The summed E-state index contributed by atoms with van der Waals surface area (Å²) in [5.41, 5.74) is 1.40. The first-order valence-electron chi connectivity index (χ1n) is 8.49. The molecule has 1 saturated carbocycles. The van der Waals surface area contributed by atoms with Gasteiger partial charge in [0.2, 0.25) is 0 Å². The van der Waals surface area contributed by atoms with Crippen LogP contribution in [0.3, 0.4) is 0 Å². The topological polar surface area (TPSA) is 84.7 Å². The van der Waals surface area contributed by atoms with Gasteiger partial charge in [0.25, 0.3) is 5.91 Å². The highest BCUT2D eigenvalue weighted by atomic mass is 16.5. The third-order valence-corrected chi connectivity index (χ3v) is 4.42. The van der Waals surface area contributed by atoms with E-state index < -0.39 is 12.1 Å². The molecule has 3 rings (SSSR count). The van der Waals surface area contributed by atoms with Crippen molar-refractivity contribution < 1.29 is 19.4 Å². The molecular formula is C17H25N3O4. The van der Waals surface area contributed by atoms with E-state index in [0.717, 1.165) is 18.5 Å². The van der Waals surface area contributed by atoms with Crippen LogP contribution < -0.4 is 0 Å². The van der Waals surface area contributed by atoms with Crippen LogP contribution in [0.15, 0.2) is 6.07 Å². The fourth-order valence-electron chi connectivity index (χ4n) is 3.09. The quantitative estimate of drug-likeness (QED) is 0.907. The number of hydrogen-bond donors (Lipinski definition) is 1. The average Bonchev–Trinajstić information content (AvgIpc) is 3.23. The van der Waals surface area contributed by atoms with E-state index in [1.807, 2.05) is 10.7 Å². The predicted molar refractivity (Wildman–Crippen MR) is 87.1 cm³/mol. The molecule has 7 heteroatoms. The number of carbonyl (C=O) groups excluding carboxylic acids is 1. The Kier molecular flexibility index (Phi) is 4.38. The number of aliphatic carboxylic acids is 1. The first-order chi connectivity index (χ1) is 11.3. The molecule has 1 N–H and O–H groups in total. The first kappa shape index (κ1) is 17.0. The van der Waals surface area contributed by atoms with Gasteiger partial charge in [-0.3, -0.25) is 14.3 Å². The summed E-state index contributed by atoms with van der Waals surface area (Å²) in [6, 6.07) is 1.91. The number of rotatable bonds is 4. The molecule has 24 heavy (non-hydrogen) atoms. The van der Waals surface area contributed by atoms with Crippen molar-refractivity contribution in [1.82, 2.24) is 14.7 Å². The Balaban J connectivity index is 1.78. The summed E-state index contributed by atoms with van der Waals surface area (Å²) < 4.78 is 7.40.